The Kier molecular flexibility index (Phi) is 4.89. The first-order chi connectivity index (χ1) is 14.3. The van der Waals surface area contributed by atoms with Crippen LogP contribution >= 0.6 is 15.9 Å². The standard InChI is InChI=1S/C20H18BrN3O6/c1-3-28-13(25)8-12-14(17(26)29-4-2)20(18(27)23-12)11-7-9(21)5-6-10(11)15-16(20)24-19(22)30-15/h5-7H,3-4,8H2,1-2H3,(H2,22,24)(H,23,27). The molecule has 9 nitrogen and oxygen atoms in total. The molecule has 10 heteroatoms. The lowest BCUT2D eigenvalue weighted by Crippen LogP contribution is -2.40. The molecule has 0 bridgehead atoms. The number of ether oxygens (including phenoxy) is 2. The Bertz CT molecular complexity index is 1120. The molecule has 1 aliphatic heterocycles. The smallest absolute Gasteiger partial charge is 0.337 e. The quantitative estimate of drug-likeness (QED) is 0.628. The molecule has 1 unspecified atom stereocenters. The number of esters is 2. The Hall–Kier alpha value is -3.14. The van der Waals surface area contributed by atoms with Crippen LogP contribution in [0.1, 0.15) is 31.5 Å². The summed E-state index contributed by atoms with van der Waals surface area (Å²) in [5.41, 5.74) is 5.47. The number of anilines is 1. The highest BCUT2D eigenvalue weighted by molar-refractivity contribution is 9.10. The third-order valence-corrected chi connectivity index (χ3v) is 5.51. The van der Waals surface area contributed by atoms with Crippen LogP contribution < -0.4 is 11.1 Å². The van der Waals surface area contributed by atoms with Gasteiger partial charge in [0.05, 0.1) is 25.2 Å². The summed E-state index contributed by atoms with van der Waals surface area (Å²) in [6, 6.07) is 5.11. The summed E-state index contributed by atoms with van der Waals surface area (Å²) < 4.78 is 16.5. The number of benzene rings is 1. The maximum absolute atomic E-state index is 13.5. The van der Waals surface area contributed by atoms with Crippen LogP contribution in [0.3, 0.4) is 0 Å². The van der Waals surface area contributed by atoms with Crippen LogP contribution in [-0.2, 0) is 29.3 Å². The van der Waals surface area contributed by atoms with Crippen molar-refractivity contribution < 1.29 is 28.3 Å². The molecular weight excluding hydrogens is 458 g/mol. The van der Waals surface area contributed by atoms with Gasteiger partial charge in [-0.1, -0.05) is 15.9 Å². The van der Waals surface area contributed by atoms with E-state index in [1.54, 1.807) is 32.0 Å². The number of halogens is 1. The van der Waals surface area contributed by atoms with Gasteiger partial charge in [0.25, 0.3) is 6.01 Å². The number of amides is 1. The molecule has 156 valence electrons. The van der Waals surface area contributed by atoms with Gasteiger partial charge in [-0.2, -0.15) is 4.98 Å². The van der Waals surface area contributed by atoms with Gasteiger partial charge >= 0.3 is 11.9 Å². The van der Waals surface area contributed by atoms with Crippen LogP contribution in [-0.4, -0.2) is 36.0 Å². The Labute approximate surface area is 179 Å². The molecule has 1 aliphatic carbocycles. The third-order valence-electron chi connectivity index (χ3n) is 5.02. The molecule has 1 atom stereocenters. The number of rotatable bonds is 5. The molecule has 1 amide bonds. The zero-order chi connectivity index (χ0) is 21.6. The zero-order valence-electron chi connectivity index (χ0n) is 16.2. The Morgan fingerprint density at radius 3 is 2.70 bits per heavy atom. The second-order valence-electron chi connectivity index (χ2n) is 6.68. The van der Waals surface area contributed by atoms with E-state index >= 15 is 0 Å². The molecule has 30 heavy (non-hydrogen) atoms. The number of carbonyl (C=O) groups excluding carboxylic acids is 3. The van der Waals surface area contributed by atoms with Crippen LogP contribution in [0.15, 0.2) is 38.4 Å². The largest absolute Gasteiger partial charge is 0.466 e. The highest BCUT2D eigenvalue weighted by Gasteiger charge is 2.62. The molecule has 2 aromatic rings. The molecular formula is C20H18BrN3O6. The fraction of sp³-hybridized carbons (Fsp3) is 0.300. The summed E-state index contributed by atoms with van der Waals surface area (Å²) in [7, 11) is 0. The first-order valence-electron chi connectivity index (χ1n) is 9.29. The fourth-order valence-corrected chi connectivity index (χ4v) is 4.37. The lowest BCUT2D eigenvalue weighted by atomic mass is 9.74. The number of hydrogen-bond donors (Lipinski definition) is 2. The lowest BCUT2D eigenvalue weighted by Gasteiger charge is -2.24. The number of oxazole rings is 1. The van der Waals surface area contributed by atoms with Crippen LogP contribution in [0.4, 0.5) is 6.01 Å². The Balaban J connectivity index is 2.02. The van der Waals surface area contributed by atoms with E-state index in [0.29, 0.717) is 21.4 Å². The number of fused-ring (bicyclic) bond motifs is 5. The maximum atomic E-state index is 13.5. The van der Waals surface area contributed by atoms with Gasteiger partial charge in [0.1, 0.15) is 5.69 Å². The van der Waals surface area contributed by atoms with Crippen LogP contribution in [0.25, 0.3) is 11.3 Å². The average molecular weight is 476 g/mol. The van der Waals surface area contributed by atoms with Gasteiger partial charge in [-0.3, -0.25) is 9.59 Å². The number of nitrogens with two attached hydrogens (primary N) is 1. The minimum atomic E-state index is -1.65. The molecule has 3 N–H and O–H groups in total. The normalized spacial score (nSPS) is 19.0. The van der Waals surface area contributed by atoms with Gasteiger partial charge in [0, 0.05) is 15.7 Å². The van der Waals surface area contributed by atoms with Gasteiger partial charge in [-0.15, -0.1) is 0 Å². The van der Waals surface area contributed by atoms with Gasteiger partial charge in [-0.25, -0.2) is 4.79 Å². The van der Waals surface area contributed by atoms with Gasteiger partial charge in [0.15, 0.2) is 11.2 Å². The van der Waals surface area contributed by atoms with E-state index in [1.807, 2.05) is 0 Å². The summed E-state index contributed by atoms with van der Waals surface area (Å²) in [5, 5.41) is 2.68. The molecule has 0 saturated carbocycles. The minimum Gasteiger partial charge on any atom is -0.466 e. The highest BCUT2D eigenvalue weighted by Crippen LogP contribution is 2.56. The Morgan fingerprint density at radius 2 is 2.00 bits per heavy atom. The fourth-order valence-electron chi connectivity index (χ4n) is 4.01. The van der Waals surface area contributed by atoms with Crippen molar-refractivity contribution in [2.75, 3.05) is 18.9 Å². The van der Waals surface area contributed by atoms with Crippen molar-refractivity contribution in [1.82, 2.24) is 10.3 Å². The van der Waals surface area contributed by atoms with Crippen molar-refractivity contribution in [3.63, 3.8) is 0 Å². The number of nitrogens with one attached hydrogen (secondary N) is 1. The molecule has 1 aromatic heterocycles. The second-order valence-corrected chi connectivity index (χ2v) is 7.60. The lowest BCUT2D eigenvalue weighted by molar-refractivity contribution is -0.142. The number of nitrogens with zero attached hydrogens (tertiary/aromatic N) is 1. The van der Waals surface area contributed by atoms with E-state index in [-0.39, 0.29) is 42.6 Å². The molecule has 1 aromatic carbocycles. The van der Waals surface area contributed by atoms with Crippen molar-refractivity contribution >= 4 is 39.8 Å². The van der Waals surface area contributed by atoms with Crippen molar-refractivity contribution in [3.05, 3.63) is 45.2 Å². The van der Waals surface area contributed by atoms with Crippen molar-refractivity contribution in [1.29, 1.82) is 0 Å². The number of nitrogen functional groups attached to an aromatic ring is 1. The SMILES string of the molecule is CCOC(=O)CC1=C(C(=O)OCC)C2(C(=O)N1)c1cc(Br)ccc1-c1oc(N)nc12. The number of hydrogen-bond acceptors (Lipinski definition) is 8. The van der Waals surface area contributed by atoms with Crippen molar-refractivity contribution in [3.8, 4) is 11.3 Å². The predicted molar refractivity (Wildman–Crippen MR) is 108 cm³/mol. The average Bonchev–Trinajstić information content (AvgIpc) is 3.27. The summed E-state index contributed by atoms with van der Waals surface area (Å²) in [6.45, 7) is 3.57. The van der Waals surface area contributed by atoms with Crippen LogP contribution in [0.5, 0.6) is 0 Å². The monoisotopic (exact) mass is 475 g/mol. The van der Waals surface area contributed by atoms with E-state index in [9.17, 15) is 14.4 Å². The van der Waals surface area contributed by atoms with E-state index in [0.717, 1.165) is 0 Å². The maximum Gasteiger partial charge on any atom is 0.337 e. The molecule has 2 aliphatic rings. The van der Waals surface area contributed by atoms with Crippen LogP contribution in [0.2, 0.25) is 0 Å². The highest BCUT2D eigenvalue weighted by atomic mass is 79.9. The summed E-state index contributed by atoms with van der Waals surface area (Å²) in [5.74, 6) is -1.57. The number of aromatic nitrogens is 1. The summed E-state index contributed by atoms with van der Waals surface area (Å²) in [4.78, 5) is 43.0. The molecule has 0 fully saturated rings. The number of carbonyl (C=O) groups is 3. The Morgan fingerprint density at radius 1 is 1.27 bits per heavy atom. The summed E-state index contributed by atoms with van der Waals surface area (Å²) >= 11 is 3.41. The van der Waals surface area contributed by atoms with Crippen molar-refractivity contribution in [2.24, 2.45) is 0 Å². The van der Waals surface area contributed by atoms with Gasteiger partial charge < -0.3 is 24.9 Å². The third kappa shape index (κ3) is 2.74. The molecule has 2 heterocycles. The van der Waals surface area contributed by atoms with Crippen molar-refractivity contribution in [2.45, 2.75) is 25.7 Å². The van der Waals surface area contributed by atoms with Gasteiger partial charge in [0.2, 0.25) is 5.91 Å². The summed E-state index contributed by atoms with van der Waals surface area (Å²) in [6.07, 6.45) is -0.304. The zero-order valence-corrected chi connectivity index (χ0v) is 17.8. The first-order valence-corrected chi connectivity index (χ1v) is 10.1. The van der Waals surface area contributed by atoms with E-state index in [1.165, 1.54) is 0 Å². The van der Waals surface area contributed by atoms with Gasteiger partial charge in [-0.05, 0) is 37.6 Å². The van der Waals surface area contributed by atoms with E-state index in [4.69, 9.17) is 19.6 Å². The second kappa shape index (κ2) is 7.28. The predicted octanol–water partition coefficient (Wildman–Crippen LogP) is 2.19. The van der Waals surface area contributed by atoms with Crippen LogP contribution in [0, 0.1) is 0 Å². The molecule has 0 radical (unpaired) electrons. The molecule has 1 spiro atoms. The van der Waals surface area contributed by atoms with E-state index < -0.39 is 23.3 Å². The van der Waals surface area contributed by atoms with E-state index in [2.05, 4.69) is 26.2 Å². The first kappa shape index (κ1) is 20.1. The molecule has 0 saturated heterocycles. The minimum absolute atomic E-state index is 0.0196. The molecule has 4 rings (SSSR count). The topological polar surface area (TPSA) is 134 Å².